The highest BCUT2D eigenvalue weighted by Gasteiger charge is 2.15. The normalized spacial score (nSPS) is 10.1. The number of aromatic nitrogens is 2. The third kappa shape index (κ3) is 3.55. The first-order valence-corrected chi connectivity index (χ1v) is 6.08. The zero-order chi connectivity index (χ0) is 12.8. The second kappa shape index (κ2) is 6.39. The number of aromatic amines is 1. The predicted molar refractivity (Wildman–Crippen MR) is 69.1 cm³/mol. The van der Waals surface area contributed by atoms with Crippen LogP contribution >= 0.6 is 15.9 Å². The van der Waals surface area contributed by atoms with Gasteiger partial charge in [-0.15, -0.1) is 0 Å². The molecule has 1 heterocycles. The van der Waals surface area contributed by atoms with Crippen LogP contribution in [0.2, 0.25) is 0 Å². The highest BCUT2D eigenvalue weighted by Crippen LogP contribution is 2.18. The molecule has 0 fully saturated rings. The number of likely N-dealkylation sites (N-methyl/N-ethyl adjacent to an activating group) is 1. The van der Waals surface area contributed by atoms with Crippen LogP contribution in [-0.4, -0.2) is 36.0 Å². The van der Waals surface area contributed by atoms with Crippen LogP contribution in [0.1, 0.15) is 13.3 Å². The molecule has 0 unspecified atom stereocenters. The van der Waals surface area contributed by atoms with Crippen molar-refractivity contribution in [3.8, 4) is 0 Å². The van der Waals surface area contributed by atoms with Gasteiger partial charge in [-0.05, 0) is 22.4 Å². The van der Waals surface area contributed by atoms with Crippen LogP contribution < -0.4 is 15.8 Å². The van der Waals surface area contributed by atoms with Gasteiger partial charge >= 0.3 is 0 Å². The number of rotatable bonds is 5. The second-order valence-corrected chi connectivity index (χ2v) is 4.26. The summed E-state index contributed by atoms with van der Waals surface area (Å²) >= 11 is 3.18. The van der Waals surface area contributed by atoms with Crippen LogP contribution in [0.3, 0.4) is 0 Å². The third-order valence-electron chi connectivity index (χ3n) is 2.18. The van der Waals surface area contributed by atoms with Gasteiger partial charge in [0.15, 0.2) is 5.82 Å². The molecule has 1 rings (SSSR count). The maximum atomic E-state index is 11.4. The Kier molecular flexibility index (Phi) is 5.14. The summed E-state index contributed by atoms with van der Waals surface area (Å²) < 4.78 is 0.345. The summed E-state index contributed by atoms with van der Waals surface area (Å²) in [5.74, 6) is 0.367. The fourth-order valence-corrected chi connectivity index (χ4v) is 1.84. The Morgan fingerprint density at radius 3 is 2.94 bits per heavy atom. The van der Waals surface area contributed by atoms with Crippen molar-refractivity contribution in [2.45, 2.75) is 13.3 Å². The van der Waals surface area contributed by atoms with E-state index in [-0.39, 0.29) is 18.0 Å². The monoisotopic (exact) mass is 302 g/mol. The van der Waals surface area contributed by atoms with E-state index in [1.807, 2.05) is 6.92 Å². The molecule has 7 heteroatoms. The van der Waals surface area contributed by atoms with Crippen molar-refractivity contribution in [2.24, 2.45) is 0 Å². The average Bonchev–Trinajstić information content (AvgIpc) is 2.32. The average molecular weight is 303 g/mol. The van der Waals surface area contributed by atoms with Crippen LogP contribution in [0.15, 0.2) is 15.6 Å². The Bertz CT molecular complexity index is 446. The van der Waals surface area contributed by atoms with Crippen LogP contribution in [-0.2, 0) is 4.79 Å². The lowest BCUT2D eigenvalue weighted by Gasteiger charge is -2.22. The summed E-state index contributed by atoms with van der Waals surface area (Å²) in [7, 11) is 1.58. The fourth-order valence-electron chi connectivity index (χ4n) is 1.38. The van der Waals surface area contributed by atoms with Gasteiger partial charge < -0.3 is 15.2 Å². The van der Waals surface area contributed by atoms with Gasteiger partial charge in [0.25, 0.3) is 5.56 Å². The molecule has 0 aliphatic heterocycles. The molecule has 0 aromatic carbocycles. The number of hydrogen-bond acceptors (Lipinski definition) is 4. The van der Waals surface area contributed by atoms with E-state index in [4.69, 9.17) is 0 Å². The van der Waals surface area contributed by atoms with Crippen LogP contribution in [0.5, 0.6) is 0 Å². The van der Waals surface area contributed by atoms with Gasteiger partial charge in [0.2, 0.25) is 5.91 Å². The molecule has 0 spiro atoms. The molecule has 0 saturated heterocycles. The molecule has 0 radical (unpaired) electrons. The lowest BCUT2D eigenvalue weighted by atomic mass is 10.3. The lowest BCUT2D eigenvalue weighted by molar-refractivity contribution is -0.119. The quantitative estimate of drug-likeness (QED) is 0.830. The molecule has 6 nitrogen and oxygen atoms in total. The van der Waals surface area contributed by atoms with Gasteiger partial charge in [0.05, 0.1) is 12.9 Å². The van der Waals surface area contributed by atoms with Gasteiger partial charge in [-0.3, -0.25) is 9.59 Å². The number of anilines is 1. The molecule has 0 bridgehead atoms. The van der Waals surface area contributed by atoms with Crippen LogP contribution in [0, 0.1) is 0 Å². The van der Waals surface area contributed by atoms with E-state index < -0.39 is 0 Å². The van der Waals surface area contributed by atoms with E-state index in [0.717, 1.165) is 6.42 Å². The first-order valence-electron chi connectivity index (χ1n) is 5.28. The molecular formula is C10H15BrN4O2. The topological polar surface area (TPSA) is 78.1 Å². The number of carbonyl (C=O) groups excluding carboxylic acids is 1. The summed E-state index contributed by atoms with van der Waals surface area (Å²) in [6.45, 7) is 2.83. The minimum atomic E-state index is -0.256. The molecule has 1 aromatic rings. The first-order chi connectivity index (χ1) is 8.10. The van der Waals surface area contributed by atoms with Gasteiger partial charge in [0.1, 0.15) is 4.47 Å². The zero-order valence-corrected chi connectivity index (χ0v) is 11.4. The van der Waals surface area contributed by atoms with E-state index in [0.29, 0.717) is 16.8 Å². The summed E-state index contributed by atoms with van der Waals surface area (Å²) in [5.41, 5.74) is -0.256. The van der Waals surface area contributed by atoms with Crippen molar-refractivity contribution < 1.29 is 4.79 Å². The number of nitrogens with zero attached hydrogens (tertiary/aromatic N) is 2. The van der Waals surface area contributed by atoms with Crippen molar-refractivity contribution in [3.63, 3.8) is 0 Å². The summed E-state index contributed by atoms with van der Waals surface area (Å²) in [6.07, 6.45) is 2.19. The van der Waals surface area contributed by atoms with Crippen molar-refractivity contribution >= 4 is 27.7 Å². The van der Waals surface area contributed by atoms with E-state index >= 15 is 0 Å². The molecule has 1 amide bonds. The predicted octanol–water partition coefficient (Wildman–Crippen LogP) is 0.495. The van der Waals surface area contributed by atoms with E-state index in [1.165, 1.54) is 6.33 Å². The Morgan fingerprint density at radius 2 is 2.35 bits per heavy atom. The molecule has 94 valence electrons. The standard InChI is InChI=1S/C10H15BrN4O2/c1-3-4-15(5-7(16)12-2)9-8(11)10(17)14-6-13-9/h6H,3-5H2,1-2H3,(H,12,16)(H,13,14,17). The third-order valence-corrected chi connectivity index (χ3v) is 2.90. The molecule has 17 heavy (non-hydrogen) atoms. The van der Waals surface area contributed by atoms with Crippen molar-refractivity contribution in [1.29, 1.82) is 0 Å². The summed E-state index contributed by atoms with van der Waals surface area (Å²) in [6, 6.07) is 0. The number of hydrogen-bond donors (Lipinski definition) is 2. The Hall–Kier alpha value is -1.37. The minimum absolute atomic E-state index is 0.118. The van der Waals surface area contributed by atoms with E-state index in [1.54, 1.807) is 11.9 Å². The number of carbonyl (C=O) groups is 1. The maximum Gasteiger partial charge on any atom is 0.267 e. The van der Waals surface area contributed by atoms with Gasteiger partial charge in [-0.1, -0.05) is 6.92 Å². The molecule has 0 aliphatic rings. The maximum absolute atomic E-state index is 11.4. The second-order valence-electron chi connectivity index (χ2n) is 3.46. The van der Waals surface area contributed by atoms with E-state index in [9.17, 15) is 9.59 Å². The van der Waals surface area contributed by atoms with Crippen LogP contribution in [0.25, 0.3) is 0 Å². The number of amides is 1. The molecule has 0 saturated carbocycles. The summed E-state index contributed by atoms with van der Waals surface area (Å²) in [4.78, 5) is 31.1. The summed E-state index contributed by atoms with van der Waals surface area (Å²) in [5, 5.41) is 2.55. The van der Waals surface area contributed by atoms with Crippen molar-refractivity contribution in [1.82, 2.24) is 15.3 Å². The Labute approximate surface area is 108 Å². The highest BCUT2D eigenvalue weighted by atomic mass is 79.9. The largest absolute Gasteiger partial charge is 0.358 e. The van der Waals surface area contributed by atoms with Crippen LogP contribution in [0.4, 0.5) is 5.82 Å². The molecule has 2 N–H and O–H groups in total. The molecule has 1 aromatic heterocycles. The zero-order valence-electron chi connectivity index (χ0n) is 9.79. The molecule has 0 aliphatic carbocycles. The van der Waals surface area contributed by atoms with Gasteiger partial charge in [-0.2, -0.15) is 0 Å². The highest BCUT2D eigenvalue weighted by molar-refractivity contribution is 9.10. The lowest BCUT2D eigenvalue weighted by Crippen LogP contribution is -2.37. The molecular weight excluding hydrogens is 288 g/mol. The smallest absolute Gasteiger partial charge is 0.267 e. The number of halogens is 1. The van der Waals surface area contributed by atoms with Gasteiger partial charge in [0, 0.05) is 13.6 Å². The van der Waals surface area contributed by atoms with Crippen molar-refractivity contribution in [3.05, 3.63) is 21.2 Å². The first kappa shape index (κ1) is 13.7. The SMILES string of the molecule is CCCN(CC(=O)NC)c1nc[nH]c(=O)c1Br. The van der Waals surface area contributed by atoms with Crippen molar-refractivity contribution in [2.75, 3.05) is 25.0 Å². The fraction of sp³-hybridized carbons (Fsp3) is 0.500. The Morgan fingerprint density at radius 1 is 1.65 bits per heavy atom. The van der Waals surface area contributed by atoms with E-state index in [2.05, 4.69) is 31.2 Å². The Balaban J connectivity index is 3.00. The minimum Gasteiger partial charge on any atom is -0.358 e. The van der Waals surface area contributed by atoms with Gasteiger partial charge in [-0.25, -0.2) is 4.98 Å². The molecule has 0 atom stereocenters. The number of H-pyrrole nitrogens is 1. The number of nitrogens with one attached hydrogen (secondary N) is 2.